The highest BCUT2D eigenvalue weighted by atomic mass is 32.2. The van der Waals surface area contributed by atoms with Crippen LogP contribution in [0.5, 0.6) is 0 Å². The first-order valence-electron chi connectivity index (χ1n) is 8.53. The summed E-state index contributed by atoms with van der Waals surface area (Å²) < 4.78 is 30.6. The minimum atomic E-state index is -3.38. The summed E-state index contributed by atoms with van der Waals surface area (Å²) >= 11 is 0. The van der Waals surface area contributed by atoms with Gasteiger partial charge in [-0.3, -0.25) is 9.62 Å². The van der Waals surface area contributed by atoms with Crippen molar-refractivity contribution in [2.45, 2.75) is 44.2 Å². The van der Waals surface area contributed by atoms with Crippen LogP contribution in [0, 0.1) is 0 Å². The molecule has 1 saturated carbocycles. The Bertz CT molecular complexity index is 862. The predicted molar refractivity (Wildman–Crippen MR) is 92.3 cm³/mol. The summed E-state index contributed by atoms with van der Waals surface area (Å²) in [7, 11) is -3.38. The quantitative estimate of drug-likeness (QED) is 0.869. The molecular weight excluding hydrogens is 342 g/mol. The number of rotatable bonds is 5. The molecule has 9 heteroatoms. The molecule has 8 nitrogen and oxygen atoms in total. The topological polar surface area (TPSA) is 101 Å². The summed E-state index contributed by atoms with van der Waals surface area (Å²) in [4.78, 5) is 11.1. The lowest BCUT2D eigenvalue weighted by atomic mass is 9.91. The third-order valence-corrected chi connectivity index (χ3v) is 5.45. The van der Waals surface area contributed by atoms with Gasteiger partial charge in [0.05, 0.1) is 12.3 Å². The maximum Gasteiger partial charge on any atom is 0.244 e. The molecule has 0 amide bonds. The maximum atomic E-state index is 11.4. The van der Waals surface area contributed by atoms with Crippen molar-refractivity contribution in [1.29, 1.82) is 0 Å². The number of anilines is 1. The Hall–Kier alpha value is -2.00. The lowest BCUT2D eigenvalue weighted by Crippen LogP contribution is -2.39. The summed E-state index contributed by atoms with van der Waals surface area (Å²) in [6.45, 7) is 1.09. The number of nitrogens with one attached hydrogen (secondary N) is 1. The Morgan fingerprint density at radius 3 is 2.84 bits per heavy atom. The molecule has 1 atom stereocenters. The van der Waals surface area contributed by atoms with Gasteiger partial charge in [-0.25, -0.2) is 13.4 Å². The smallest absolute Gasteiger partial charge is 0.244 e. The molecule has 2 aliphatic rings. The highest BCUT2D eigenvalue weighted by Crippen LogP contribution is 2.38. The third-order valence-electron chi connectivity index (χ3n) is 4.87. The Kier molecular flexibility index (Phi) is 4.20. The van der Waals surface area contributed by atoms with Crippen LogP contribution in [0.25, 0.3) is 11.4 Å². The Morgan fingerprint density at radius 1 is 1.28 bits per heavy atom. The van der Waals surface area contributed by atoms with Crippen LogP contribution in [0.3, 0.4) is 0 Å². The summed E-state index contributed by atoms with van der Waals surface area (Å²) in [6.07, 6.45) is 8.60. The number of sulfonamides is 1. The van der Waals surface area contributed by atoms with Gasteiger partial charge in [-0.15, -0.1) is 0 Å². The van der Waals surface area contributed by atoms with E-state index in [2.05, 4.69) is 24.7 Å². The molecule has 0 aromatic carbocycles. The van der Waals surface area contributed by atoms with Crippen molar-refractivity contribution >= 4 is 15.8 Å². The van der Waals surface area contributed by atoms with Crippen molar-refractivity contribution in [3.8, 4) is 11.4 Å². The van der Waals surface area contributed by atoms with E-state index in [1.807, 2.05) is 0 Å². The zero-order valence-corrected chi connectivity index (χ0v) is 14.9. The normalized spacial score (nSPS) is 22.0. The molecule has 1 aliphatic carbocycles. The molecular formula is C16H21N5O3S. The van der Waals surface area contributed by atoms with Gasteiger partial charge in [0.2, 0.25) is 21.7 Å². The van der Waals surface area contributed by atoms with E-state index in [-0.39, 0.29) is 11.9 Å². The van der Waals surface area contributed by atoms with E-state index in [4.69, 9.17) is 4.52 Å². The average Bonchev–Trinajstić information content (AvgIpc) is 3.12. The second-order valence-corrected chi connectivity index (χ2v) is 8.49. The molecule has 0 bridgehead atoms. The molecule has 0 radical (unpaired) electrons. The summed E-state index contributed by atoms with van der Waals surface area (Å²) in [6, 6.07) is 4.19. The molecule has 1 aliphatic heterocycles. The van der Waals surface area contributed by atoms with Gasteiger partial charge in [0, 0.05) is 17.8 Å². The Morgan fingerprint density at radius 2 is 2.12 bits per heavy atom. The molecule has 25 heavy (non-hydrogen) atoms. The fraction of sp³-hybridized carbons (Fsp3) is 0.562. The molecule has 2 aromatic rings. The number of hydrogen-bond donors (Lipinski definition) is 1. The molecule has 4 rings (SSSR count). The van der Waals surface area contributed by atoms with Crippen LogP contribution in [-0.4, -0.2) is 47.3 Å². The van der Waals surface area contributed by atoms with Crippen molar-refractivity contribution in [3.63, 3.8) is 0 Å². The maximum absolute atomic E-state index is 11.4. The van der Waals surface area contributed by atoms with Crippen molar-refractivity contribution in [3.05, 3.63) is 24.2 Å². The molecule has 3 heterocycles. The van der Waals surface area contributed by atoms with Crippen molar-refractivity contribution < 1.29 is 12.9 Å². The number of nitrogens with zero attached hydrogens (tertiary/aromatic N) is 4. The van der Waals surface area contributed by atoms with Gasteiger partial charge in [0.25, 0.3) is 0 Å². The van der Waals surface area contributed by atoms with Gasteiger partial charge in [0.15, 0.2) is 0 Å². The Balaban J connectivity index is 1.56. The fourth-order valence-electron chi connectivity index (χ4n) is 3.51. The number of hydrogen-bond acceptors (Lipinski definition) is 7. The van der Waals surface area contributed by atoms with E-state index in [0.29, 0.717) is 23.3 Å². The lowest BCUT2D eigenvalue weighted by molar-refractivity contribution is 0.0966. The van der Waals surface area contributed by atoms with E-state index in [0.717, 1.165) is 25.6 Å². The van der Waals surface area contributed by atoms with Gasteiger partial charge in [-0.1, -0.05) is 11.6 Å². The third kappa shape index (κ3) is 3.52. The molecule has 0 unspecified atom stereocenters. The lowest BCUT2D eigenvalue weighted by Gasteiger charge is -2.37. The first-order chi connectivity index (χ1) is 12.0. The monoisotopic (exact) mass is 363 g/mol. The van der Waals surface area contributed by atoms with E-state index in [1.54, 1.807) is 12.1 Å². The minimum Gasteiger partial charge on any atom is -0.337 e. The minimum absolute atomic E-state index is 0.196. The fourth-order valence-corrected chi connectivity index (χ4v) is 4.00. The first-order valence-corrected chi connectivity index (χ1v) is 10.4. The highest BCUT2D eigenvalue weighted by Gasteiger charge is 2.37. The van der Waals surface area contributed by atoms with Crippen LogP contribution >= 0.6 is 0 Å². The Labute approximate surface area is 146 Å². The van der Waals surface area contributed by atoms with Gasteiger partial charge in [-0.2, -0.15) is 4.98 Å². The second-order valence-electron chi connectivity index (χ2n) is 6.74. The van der Waals surface area contributed by atoms with Gasteiger partial charge in [0.1, 0.15) is 5.82 Å². The summed E-state index contributed by atoms with van der Waals surface area (Å²) in [5, 5.41) is 4.09. The summed E-state index contributed by atoms with van der Waals surface area (Å²) in [5.74, 6) is 1.34. The second kappa shape index (κ2) is 6.38. The van der Waals surface area contributed by atoms with E-state index in [1.165, 1.54) is 25.5 Å². The number of pyridine rings is 1. The van der Waals surface area contributed by atoms with Crippen molar-refractivity contribution in [2.75, 3.05) is 17.5 Å². The SMILES string of the molecule is CS(=O)(=O)Nc1cc(-c2noc([C@@H]3CCCN3C3CCC3)n2)ccn1. The predicted octanol–water partition coefficient (Wildman–Crippen LogP) is 2.19. The van der Waals surface area contributed by atoms with Gasteiger partial charge in [-0.05, 0) is 44.4 Å². The zero-order valence-electron chi connectivity index (χ0n) is 14.1. The van der Waals surface area contributed by atoms with Crippen LogP contribution in [0.2, 0.25) is 0 Å². The van der Waals surface area contributed by atoms with E-state index < -0.39 is 10.0 Å². The average molecular weight is 363 g/mol. The standard InChI is InChI=1S/C16H21N5O3S/c1-25(22,23)20-14-10-11(7-8-17-14)15-18-16(24-19-15)13-6-3-9-21(13)12-4-2-5-12/h7-8,10,12-13H,2-6,9H2,1H3,(H,17,20)/t13-/m0/s1. The van der Waals surface area contributed by atoms with Crippen LogP contribution in [0.15, 0.2) is 22.9 Å². The molecule has 1 N–H and O–H groups in total. The van der Waals surface area contributed by atoms with E-state index in [9.17, 15) is 8.42 Å². The molecule has 134 valence electrons. The molecule has 1 saturated heterocycles. The van der Waals surface area contributed by atoms with Crippen molar-refractivity contribution in [2.24, 2.45) is 0 Å². The zero-order chi connectivity index (χ0) is 17.4. The van der Waals surface area contributed by atoms with Gasteiger partial charge >= 0.3 is 0 Å². The highest BCUT2D eigenvalue weighted by molar-refractivity contribution is 7.92. The van der Waals surface area contributed by atoms with Crippen LogP contribution < -0.4 is 4.72 Å². The van der Waals surface area contributed by atoms with Crippen LogP contribution in [-0.2, 0) is 10.0 Å². The van der Waals surface area contributed by atoms with Crippen molar-refractivity contribution in [1.82, 2.24) is 20.0 Å². The first kappa shape index (κ1) is 16.5. The van der Waals surface area contributed by atoms with Crippen LogP contribution in [0.4, 0.5) is 5.82 Å². The van der Waals surface area contributed by atoms with Crippen LogP contribution in [0.1, 0.15) is 44.0 Å². The molecule has 2 fully saturated rings. The van der Waals surface area contributed by atoms with Gasteiger partial charge < -0.3 is 4.52 Å². The molecule has 0 spiro atoms. The number of likely N-dealkylation sites (tertiary alicyclic amines) is 1. The molecule has 2 aromatic heterocycles. The number of aromatic nitrogens is 3. The largest absolute Gasteiger partial charge is 0.337 e. The van der Waals surface area contributed by atoms with E-state index >= 15 is 0 Å². The summed E-state index contributed by atoms with van der Waals surface area (Å²) in [5.41, 5.74) is 0.671.